The normalized spacial score (nSPS) is 10.9. The molecule has 168 valence electrons. The van der Waals surface area contributed by atoms with E-state index >= 15 is 0 Å². The van der Waals surface area contributed by atoms with E-state index in [-0.39, 0.29) is 5.69 Å². The van der Waals surface area contributed by atoms with Crippen LogP contribution in [0.25, 0.3) is 16.8 Å². The molecule has 0 N–H and O–H groups in total. The molecule has 0 atom stereocenters. The van der Waals surface area contributed by atoms with Crippen molar-refractivity contribution in [2.75, 3.05) is 0 Å². The largest absolute Gasteiger partial charge is 0.328 e. The van der Waals surface area contributed by atoms with Crippen molar-refractivity contribution >= 4 is 0 Å². The molecule has 33 heavy (non-hydrogen) atoms. The van der Waals surface area contributed by atoms with Crippen molar-refractivity contribution in [3.8, 4) is 28.7 Å². The third-order valence-corrected chi connectivity index (χ3v) is 5.63. The summed E-state index contributed by atoms with van der Waals surface area (Å²) in [5, 5.41) is 11.5. The Morgan fingerprint density at radius 2 is 1.85 bits per heavy atom. The van der Waals surface area contributed by atoms with Gasteiger partial charge in [-0.3, -0.25) is 9.13 Å². The molecule has 0 fully saturated rings. The highest BCUT2D eigenvalue weighted by Gasteiger charge is 2.13. The third kappa shape index (κ3) is 5.12. The highest BCUT2D eigenvalue weighted by molar-refractivity contribution is 5.72. The molecule has 4 rings (SSSR count). The Morgan fingerprint density at radius 1 is 1.06 bits per heavy atom. The summed E-state index contributed by atoms with van der Waals surface area (Å²) in [7, 11) is 0. The number of para-hydroxylation sites is 1. The van der Waals surface area contributed by atoms with Crippen LogP contribution in [0, 0.1) is 17.8 Å². The van der Waals surface area contributed by atoms with Gasteiger partial charge in [-0.2, -0.15) is 4.68 Å². The molecule has 0 radical (unpaired) electrons. The van der Waals surface area contributed by atoms with E-state index < -0.39 is 0 Å². The van der Waals surface area contributed by atoms with Crippen LogP contribution in [0.5, 0.6) is 0 Å². The molecular formula is C26H28N6O. The predicted octanol–water partition coefficient (Wildman–Crippen LogP) is 3.95. The molecule has 0 saturated carbocycles. The zero-order valence-electron chi connectivity index (χ0n) is 19.3. The standard InChI is InChI=1S/C26H28N6O/c1-4-5-8-23-18-30(16-15-20(2)3)26(33)31(23)17-21-11-13-22(14-12-21)24-9-6-7-10-25(24)32-19-27-28-29-32/h6-7,9-14,18-20H,8,15-17H2,1-3H3. The van der Waals surface area contributed by atoms with E-state index in [4.69, 9.17) is 0 Å². The van der Waals surface area contributed by atoms with Crippen LogP contribution in [0.2, 0.25) is 0 Å². The molecule has 0 aliphatic carbocycles. The van der Waals surface area contributed by atoms with Gasteiger partial charge in [-0.25, -0.2) is 4.79 Å². The van der Waals surface area contributed by atoms with Gasteiger partial charge in [0.1, 0.15) is 6.33 Å². The topological polar surface area (TPSA) is 70.5 Å². The SMILES string of the molecule is CC#CCc1cn(CCC(C)C)c(=O)n1Cc1ccc(-c2ccccc2-n2cnnn2)cc1. The van der Waals surface area contributed by atoms with E-state index in [9.17, 15) is 4.79 Å². The summed E-state index contributed by atoms with van der Waals surface area (Å²) < 4.78 is 5.32. The Kier molecular flexibility index (Phi) is 6.84. The number of imidazole rings is 1. The van der Waals surface area contributed by atoms with E-state index in [2.05, 4.69) is 65.5 Å². The second-order valence-corrected chi connectivity index (χ2v) is 8.44. The molecule has 0 unspecified atom stereocenters. The summed E-state index contributed by atoms with van der Waals surface area (Å²) in [4.78, 5) is 13.1. The quantitative estimate of drug-likeness (QED) is 0.389. The van der Waals surface area contributed by atoms with Crippen molar-refractivity contribution in [3.05, 3.63) is 82.8 Å². The molecule has 2 heterocycles. The fraction of sp³-hybridized carbons (Fsp3) is 0.308. The zero-order chi connectivity index (χ0) is 23.2. The van der Waals surface area contributed by atoms with Gasteiger partial charge in [0.25, 0.3) is 0 Å². The van der Waals surface area contributed by atoms with Crippen molar-refractivity contribution < 1.29 is 0 Å². The number of nitrogens with zero attached hydrogens (tertiary/aromatic N) is 6. The summed E-state index contributed by atoms with van der Waals surface area (Å²) in [6.45, 7) is 7.41. The van der Waals surface area contributed by atoms with Gasteiger partial charge < -0.3 is 0 Å². The minimum atomic E-state index is 0.0247. The van der Waals surface area contributed by atoms with E-state index in [0.717, 1.165) is 41.0 Å². The van der Waals surface area contributed by atoms with Gasteiger partial charge in [-0.05, 0) is 46.9 Å². The second kappa shape index (κ2) is 10.1. The van der Waals surface area contributed by atoms with Gasteiger partial charge in [0, 0.05) is 18.3 Å². The predicted molar refractivity (Wildman–Crippen MR) is 129 cm³/mol. The average Bonchev–Trinajstić information content (AvgIpc) is 3.46. The van der Waals surface area contributed by atoms with Gasteiger partial charge in [-0.1, -0.05) is 62.2 Å². The van der Waals surface area contributed by atoms with Crippen LogP contribution in [0.4, 0.5) is 0 Å². The van der Waals surface area contributed by atoms with Crippen LogP contribution in [0.15, 0.2) is 65.8 Å². The van der Waals surface area contributed by atoms with Gasteiger partial charge >= 0.3 is 5.69 Å². The van der Waals surface area contributed by atoms with Crippen LogP contribution in [0.1, 0.15) is 38.4 Å². The molecule has 2 aromatic heterocycles. The molecule has 7 heteroatoms. The van der Waals surface area contributed by atoms with Crippen LogP contribution < -0.4 is 5.69 Å². The molecular weight excluding hydrogens is 412 g/mol. The van der Waals surface area contributed by atoms with Crippen LogP contribution in [-0.2, 0) is 19.5 Å². The molecule has 0 spiro atoms. The van der Waals surface area contributed by atoms with E-state index in [0.29, 0.717) is 18.9 Å². The zero-order valence-corrected chi connectivity index (χ0v) is 19.3. The van der Waals surface area contributed by atoms with Crippen molar-refractivity contribution in [1.82, 2.24) is 29.3 Å². The first-order valence-electron chi connectivity index (χ1n) is 11.2. The van der Waals surface area contributed by atoms with Crippen molar-refractivity contribution in [1.29, 1.82) is 0 Å². The molecule has 0 bridgehead atoms. The first-order valence-corrected chi connectivity index (χ1v) is 11.2. The number of hydrogen-bond donors (Lipinski definition) is 0. The highest BCUT2D eigenvalue weighted by atomic mass is 16.1. The first kappa shape index (κ1) is 22.3. The third-order valence-electron chi connectivity index (χ3n) is 5.63. The van der Waals surface area contributed by atoms with Crippen molar-refractivity contribution in [2.45, 2.75) is 46.7 Å². The molecule has 0 amide bonds. The number of hydrogen-bond acceptors (Lipinski definition) is 4. The van der Waals surface area contributed by atoms with Gasteiger partial charge in [0.05, 0.1) is 24.3 Å². The Balaban J connectivity index is 1.61. The Bertz CT molecular complexity index is 1320. The monoisotopic (exact) mass is 440 g/mol. The molecule has 7 nitrogen and oxygen atoms in total. The summed E-state index contributed by atoms with van der Waals surface area (Å²) in [5.41, 5.74) is 5.04. The first-order chi connectivity index (χ1) is 16.1. The maximum Gasteiger partial charge on any atom is 0.328 e. The molecule has 0 aliphatic heterocycles. The average molecular weight is 441 g/mol. The molecule has 2 aromatic carbocycles. The van der Waals surface area contributed by atoms with Gasteiger partial charge in [-0.15, -0.1) is 11.0 Å². The minimum Gasteiger partial charge on any atom is -0.299 e. The summed E-state index contributed by atoms with van der Waals surface area (Å²) in [5.74, 6) is 6.59. The van der Waals surface area contributed by atoms with Crippen molar-refractivity contribution in [2.24, 2.45) is 5.92 Å². The lowest BCUT2D eigenvalue weighted by atomic mass is 10.0. The lowest BCUT2D eigenvalue weighted by molar-refractivity contribution is 0.503. The summed E-state index contributed by atoms with van der Waals surface area (Å²) in [6.07, 6.45) is 5.09. The number of benzene rings is 2. The number of tetrazole rings is 1. The Labute approximate surface area is 193 Å². The van der Waals surface area contributed by atoms with Crippen LogP contribution in [0.3, 0.4) is 0 Å². The van der Waals surface area contributed by atoms with Crippen molar-refractivity contribution in [3.63, 3.8) is 0 Å². The number of aromatic nitrogens is 6. The Hall–Kier alpha value is -3.92. The molecule has 4 aromatic rings. The van der Waals surface area contributed by atoms with Crippen LogP contribution >= 0.6 is 0 Å². The van der Waals surface area contributed by atoms with E-state index in [1.807, 2.05) is 46.5 Å². The lowest BCUT2D eigenvalue weighted by Gasteiger charge is -2.10. The second-order valence-electron chi connectivity index (χ2n) is 8.44. The molecule has 0 saturated heterocycles. The maximum atomic E-state index is 13.1. The fourth-order valence-electron chi connectivity index (χ4n) is 3.79. The summed E-state index contributed by atoms with van der Waals surface area (Å²) >= 11 is 0. The molecule has 0 aliphatic rings. The Morgan fingerprint density at radius 3 is 2.55 bits per heavy atom. The smallest absolute Gasteiger partial charge is 0.299 e. The van der Waals surface area contributed by atoms with Gasteiger partial charge in [0.2, 0.25) is 0 Å². The lowest BCUT2D eigenvalue weighted by Crippen LogP contribution is -2.26. The van der Waals surface area contributed by atoms with Crippen LogP contribution in [-0.4, -0.2) is 29.3 Å². The number of aryl methyl sites for hydroxylation is 1. The fourth-order valence-corrected chi connectivity index (χ4v) is 3.79. The summed E-state index contributed by atoms with van der Waals surface area (Å²) in [6, 6.07) is 16.3. The maximum absolute atomic E-state index is 13.1. The minimum absolute atomic E-state index is 0.0247. The van der Waals surface area contributed by atoms with E-state index in [1.54, 1.807) is 11.0 Å². The van der Waals surface area contributed by atoms with Gasteiger partial charge in [0.15, 0.2) is 0 Å². The number of rotatable bonds is 8. The highest BCUT2D eigenvalue weighted by Crippen LogP contribution is 2.26. The van der Waals surface area contributed by atoms with E-state index in [1.165, 1.54) is 0 Å².